The molecule has 0 saturated heterocycles. The molecule has 0 bridgehead atoms. The van der Waals surface area contributed by atoms with Crippen molar-refractivity contribution in [3.8, 4) is 5.69 Å². The molecular weight excluding hydrogens is 340 g/mol. The second-order valence-electron chi connectivity index (χ2n) is 4.78. The van der Waals surface area contributed by atoms with E-state index in [0.29, 0.717) is 0 Å². The summed E-state index contributed by atoms with van der Waals surface area (Å²) in [6, 6.07) is 8.08. The second-order valence-corrected chi connectivity index (χ2v) is 6.35. The van der Waals surface area contributed by atoms with Gasteiger partial charge in [-0.05, 0) is 32.0 Å². The average molecular weight is 354 g/mol. The molecule has 0 spiro atoms. The largest absolute Gasteiger partial charge is 0.280 e. The van der Waals surface area contributed by atoms with Gasteiger partial charge >= 0.3 is 0 Å². The molecule has 1 atom stereocenters. The topological polar surface area (TPSA) is 35.6 Å². The molecule has 0 aliphatic carbocycles. The van der Waals surface area contributed by atoms with Crippen molar-refractivity contribution in [2.24, 2.45) is 7.05 Å². The molecule has 1 aromatic carbocycles. The van der Waals surface area contributed by atoms with Gasteiger partial charge in [0.15, 0.2) is 5.65 Å². The predicted octanol–water partition coefficient (Wildman–Crippen LogP) is 4.13. The van der Waals surface area contributed by atoms with E-state index in [9.17, 15) is 0 Å². The number of aromatic nitrogens is 4. The van der Waals surface area contributed by atoms with Gasteiger partial charge in [0.25, 0.3) is 0 Å². The first-order valence-electron chi connectivity index (χ1n) is 6.31. The van der Waals surface area contributed by atoms with Gasteiger partial charge in [0.2, 0.25) is 0 Å². The summed E-state index contributed by atoms with van der Waals surface area (Å²) >= 11 is 9.81. The van der Waals surface area contributed by atoms with E-state index in [-0.39, 0.29) is 5.38 Å². The first-order chi connectivity index (χ1) is 9.49. The van der Waals surface area contributed by atoms with E-state index in [1.807, 2.05) is 49.8 Å². The Hall–Kier alpha value is -1.33. The number of fused-ring (bicyclic) bond motifs is 1. The Morgan fingerprint density at radius 1 is 1.35 bits per heavy atom. The third-order valence-electron chi connectivity index (χ3n) is 3.25. The number of aryl methyl sites for hydroxylation is 2. The lowest BCUT2D eigenvalue weighted by atomic mass is 10.3. The number of hydrogen-bond acceptors (Lipinski definition) is 2. The zero-order chi connectivity index (χ0) is 14.4. The van der Waals surface area contributed by atoms with E-state index < -0.39 is 0 Å². The summed E-state index contributed by atoms with van der Waals surface area (Å²) in [5, 5.41) is 4.26. The van der Waals surface area contributed by atoms with Crippen molar-refractivity contribution in [2.45, 2.75) is 19.2 Å². The van der Waals surface area contributed by atoms with Crippen LogP contribution < -0.4 is 0 Å². The number of hydrogen-bond donors (Lipinski definition) is 0. The van der Waals surface area contributed by atoms with Crippen LogP contribution in [0.3, 0.4) is 0 Å². The minimum absolute atomic E-state index is 0.180. The Morgan fingerprint density at radius 3 is 2.75 bits per heavy atom. The molecule has 2 heterocycles. The van der Waals surface area contributed by atoms with Crippen LogP contribution in [0.15, 0.2) is 28.7 Å². The van der Waals surface area contributed by atoms with Gasteiger partial charge in [-0.1, -0.05) is 22.0 Å². The van der Waals surface area contributed by atoms with Crippen LogP contribution in [0.1, 0.15) is 23.8 Å². The van der Waals surface area contributed by atoms with E-state index in [1.54, 1.807) is 0 Å². The number of alkyl halides is 1. The lowest BCUT2D eigenvalue weighted by molar-refractivity contribution is 0.748. The third-order valence-corrected chi connectivity index (χ3v) is 3.94. The molecule has 0 radical (unpaired) electrons. The first-order valence-corrected chi connectivity index (χ1v) is 7.54. The Bertz CT molecular complexity index is 788. The molecule has 104 valence electrons. The van der Waals surface area contributed by atoms with Crippen LogP contribution in [0, 0.1) is 6.92 Å². The van der Waals surface area contributed by atoms with Crippen LogP contribution in [0.25, 0.3) is 16.9 Å². The Kier molecular flexibility index (Phi) is 3.34. The van der Waals surface area contributed by atoms with Gasteiger partial charge in [-0.25, -0.2) is 9.67 Å². The molecule has 4 nitrogen and oxygen atoms in total. The predicted molar refractivity (Wildman–Crippen MR) is 84.5 cm³/mol. The Balaban J connectivity index is 2.40. The Morgan fingerprint density at radius 2 is 2.10 bits per heavy atom. The standard InChI is InChI=1S/C14H14BrClN4/c1-8(16)13-17-12-9(2)18-19(3)14(12)20(13)11-6-4-5-10(15)7-11/h4-8H,1-3H3. The van der Waals surface area contributed by atoms with Crippen molar-refractivity contribution in [1.29, 1.82) is 0 Å². The molecule has 0 aliphatic rings. The zero-order valence-corrected chi connectivity index (χ0v) is 13.8. The molecule has 0 amide bonds. The van der Waals surface area contributed by atoms with Gasteiger partial charge < -0.3 is 0 Å². The summed E-state index contributed by atoms with van der Waals surface area (Å²) in [6.45, 7) is 3.89. The SMILES string of the molecule is Cc1nn(C)c2c1nc(C(C)Cl)n2-c1cccc(Br)c1. The highest BCUT2D eigenvalue weighted by atomic mass is 79.9. The highest BCUT2D eigenvalue weighted by Crippen LogP contribution is 2.30. The molecular formula is C14H14BrClN4. The van der Waals surface area contributed by atoms with Gasteiger partial charge in [-0.3, -0.25) is 4.57 Å². The molecule has 3 aromatic rings. The highest BCUT2D eigenvalue weighted by molar-refractivity contribution is 9.10. The summed E-state index contributed by atoms with van der Waals surface area (Å²) in [4.78, 5) is 4.67. The van der Waals surface area contributed by atoms with E-state index >= 15 is 0 Å². The van der Waals surface area contributed by atoms with E-state index in [1.165, 1.54) is 0 Å². The van der Waals surface area contributed by atoms with Gasteiger partial charge in [-0.15, -0.1) is 11.6 Å². The zero-order valence-electron chi connectivity index (χ0n) is 11.4. The minimum Gasteiger partial charge on any atom is -0.280 e. The molecule has 20 heavy (non-hydrogen) atoms. The first kappa shape index (κ1) is 13.6. The summed E-state index contributed by atoms with van der Waals surface area (Å²) in [6.07, 6.45) is 0. The van der Waals surface area contributed by atoms with E-state index in [2.05, 4.69) is 30.6 Å². The van der Waals surface area contributed by atoms with Crippen molar-refractivity contribution >= 4 is 38.7 Å². The molecule has 6 heteroatoms. The smallest absolute Gasteiger partial charge is 0.163 e. The fourth-order valence-corrected chi connectivity index (χ4v) is 2.96. The molecule has 0 fully saturated rings. The summed E-state index contributed by atoms with van der Waals surface area (Å²) in [5.41, 5.74) is 3.79. The highest BCUT2D eigenvalue weighted by Gasteiger charge is 2.21. The fraction of sp³-hybridized carbons (Fsp3) is 0.286. The maximum absolute atomic E-state index is 6.31. The van der Waals surface area contributed by atoms with Crippen LogP contribution in [0.4, 0.5) is 0 Å². The average Bonchev–Trinajstić information content (AvgIpc) is 2.89. The van der Waals surface area contributed by atoms with Crippen LogP contribution in [0.2, 0.25) is 0 Å². The number of halogens is 2. The number of rotatable bonds is 2. The van der Waals surface area contributed by atoms with Crippen molar-refractivity contribution in [3.63, 3.8) is 0 Å². The van der Waals surface area contributed by atoms with E-state index in [4.69, 9.17) is 11.6 Å². The van der Waals surface area contributed by atoms with Crippen molar-refractivity contribution in [1.82, 2.24) is 19.3 Å². The van der Waals surface area contributed by atoms with Crippen molar-refractivity contribution in [3.05, 3.63) is 40.3 Å². The summed E-state index contributed by atoms with van der Waals surface area (Å²) in [7, 11) is 1.92. The van der Waals surface area contributed by atoms with Crippen molar-refractivity contribution in [2.75, 3.05) is 0 Å². The second kappa shape index (κ2) is 4.90. The van der Waals surface area contributed by atoms with Crippen LogP contribution in [-0.2, 0) is 7.05 Å². The molecule has 0 aliphatic heterocycles. The normalized spacial score (nSPS) is 13.1. The quantitative estimate of drug-likeness (QED) is 0.649. The lowest BCUT2D eigenvalue weighted by Gasteiger charge is -2.11. The number of imidazole rings is 1. The summed E-state index contributed by atoms with van der Waals surface area (Å²) < 4.78 is 4.93. The van der Waals surface area contributed by atoms with Gasteiger partial charge in [0.1, 0.15) is 11.3 Å². The van der Waals surface area contributed by atoms with Gasteiger partial charge in [-0.2, -0.15) is 5.10 Å². The van der Waals surface area contributed by atoms with Crippen molar-refractivity contribution < 1.29 is 0 Å². The maximum Gasteiger partial charge on any atom is 0.163 e. The molecule has 0 saturated carbocycles. The van der Waals surface area contributed by atoms with E-state index in [0.717, 1.165) is 32.8 Å². The molecule has 0 N–H and O–H groups in total. The molecule has 3 rings (SSSR count). The van der Waals surface area contributed by atoms with Gasteiger partial charge in [0, 0.05) is 17.2 Å². The molecule has 1 unspecified atom stereocenters. The fourth-order valence-electron chi connectivity index (χ4n) is 2.43. The molecule has 2 aromatic heterocycles. The van der Waals surface area contributed by atoms with Gasteiger partial charge in [0.05, 0.1) is 11.1 Å². The maximum atomic E-state index is 6.31. The number of benzene rings is 1. The van der Waals surface area contributed by atoms with Crippen LogP contribution in [-0.4, -0.2) is 19.3 Å². The minimum atomic E-state index is -0.180. The lowest BCUT2D eigenvalue weighted by Crippen LogP contribution is -2.05. The monoisotopic (exact) mass is 352 g/mol. The van der Waals surface area contributed by atoms with Crippen LogP contribution >= 0.6 is 27.5 Å². The Labute approximate surface area is 130 Å². The third kappa shape index (κ3) is 2.05. The summed E-state index contributed by atoms with van der Waals surface area (Å²) in [5.74, 6) is 0.830. The number of nitrogens with zero attached hydrogens (tertiary/aromatic N) is 4. The van der Waals surface area contributed by atoms with Crippen LogP contribution in [0.5, 0.6) is 0 Å².